The van der Waals surface area contributed by atoms with Gasteiger partial charge in [-0.25, -0.2) is 15.0 Å². The van der Waals surface area contributed by atoms with Gasteiger partial charge in [0.05, 0.1) is 12.4 Å². The molecule has 0 aliphatic rings. The van der Waals surface area contributed by atoms with Gasteiger partial charge in [-0.1, -0.05) is 6.92 Å². The Labute approximate surface area is 112 Å². The van der Waals surface area contributed by atoms with Crippen LogP contribution >= 0.6 is 15.9 Å². The van der Waals surface area contributed by atoms with Crippen molar-refractivity contribution >= 4 is 27.7 Å². The zero-order valence-corrected chi connectivity index (χ0v) is 11.2. The largest absolute Gasteiger partial charge is 0.302 e. The van der Waals surface area contributed by atoms with Crippen molar-refractivity contribution in [3.05, 3.63) is 28.6 Å². The number of hydrogen-bond acceptors (Lipinski definition) is 5. The van der Waals surface area contributed by atoms with E-state index in [-0.39, 0.29) is 5.82 Å². The fourth-order valence-electron chi connectivity index (χ4n) is 1.29. The van der Waals surface area contributed by atoms with Crippen LogP contribution in [0.15, 0.2) is 17.0 Å². The Balaban J connectivity index is 2.04. The van der Waals surface area contributed by atoms with E-state index in [9.17, 15) is 4.79 Å². The quantitative estimate of drug-likeness (QED) is 0.893. The van der Waals surface area contributed by atoms with Crippen molar-refractivity contribution in [1.82, 2.24) is 25.1 Å². The molecule has 0 fully saturated rings. The monoisotopic (exact) mass is 310 g/mol. The first-order valence-electron chi connectivity index (χ1n) is 5.39. The molecule has 2 N–H and O–H groups in total. The number of hydrogen-bond donors (Lipinski definition) is 2. The maximum Gasteiger partial charge on any atom is 0.296 e. The molecule has 2 rings (SSSR count). The molecule has 0 saturated heterocycles. The highest BCUT2D eigenvalue weighted by Crippen LogP contribution is 2.07. The van der Waals surface area contributed by atoms with Gasteiger partial charge in [-0.15, -0.1) is 5.10 Å². The molecule has 0 spiro atoms. The fraction of sp³-hybridized carbons (Fsp3) is 0.300. The number of aryl methyl sites for hydroxylation is 1. The molecule has 94 valence electrons. The number of H-pyrrole nitrogens is 1. The molecule has 0 bridgehead atoms. The van der Waals surface area contributed by atoms with Crippen molar-refractivity contribution < 1.29 is 4.79 Å². The standard InChI is InChI=1S/C10H11BrN6O/c1-2-3-7-14-9(17-16-7)10(18)15-8-5-12-6(11)4-13-8/h4-5H,2-3H2,1H3,(H,13,15,18)(H,14,16,17). The Hall–Kier alpha value is -1.83. The summed E-state index contributed by atoms with van der Waals surface area (Å²) >= 11 is 3.16. The van der Waals surface area contributed by atoms with Gasteiger partial charge in [0.1, 0.15) is 10.4 Å². The van der Waals surface area contributed by atoms with Crippen LogP contribution in [0.4, 0.5) is 5.82 Å². The van der Waals surface area contributed by atoms with Crippen molar-refractivity contribution in [2.24, 2.45) is 0 Å². The van der Waals surface area contributed by atoms with E-state index in [0.29, 0.717) is 16.2 Å². The molecule has 1 amide bonds. The van der Waals surface area contributed by atoms with Gasteiger partial charge in [0, 0.05) is 6.42 Å². The van der Waals surface area contributed by atoms with Gasteiger partial charge in [0.15, 0.2) is 5.82 Å². The van der Waals surface area contributed by atoms with Crippen LogP contribution in [-0.2, 0) is 6.42 Å². The van der Waals surface area contributed by atoms with Gasteiger partial charge in [0.25, 0.3) is 5.91 Å². The molecule has 0 saturated carbocycles. The number of carbonyl (C=O) groups excluding carboxylic acids is 1. The molecular weight excluding hydrogens is 300 g/mol. The van der Waals surface area contributed by atoms with E-state index in [2.05, 4.69) is 46.4 Å². The fourth-order valence-corrected chi connectivity index (χ4v) is 1.50. The second-order valence-electron chi connectivity index (χ2n) is 3.53. The molecule has 0 aliphatic carbocycles. The smallest absolute Gasteiger partial charge is 0.296 e. The molecule has 2 heterocycles. The Bertz CT molecular complexity index is 538. The number of amides is 1. The number of halogens is 1. The maximum atomic E-state index is 11.8. The molecule has 2 aromatic rings. The summed E-state index contributed by atoms with van der Waals surface area (Å²) in [5, 5.41) is 9.12. The van der Waals surface area contributed by atoms with E-state index in [1.807, 2.05) is 6.92 Å². The van der Waals surface area contributed by atoms with E-state index in [4.69, 9.17) is 0 Å². The molecular formula is C10H11BrN6O. The van der Waals surface area contributed by atoms with E-state index < -0.39 is 5.91 Å². The second-order valence-corrected chi connectivity index (χ2v) is 4.35. The third-order valence-electron chi connectivity index (χ3n) is 2.08. The van der Waals surface area contributed by atoms with Gasteiger partial charge >= 0.3 is 0 Å². The van der Waals surface area contributed by atoms with E-state index in [1.165, 1.54) is 12.4 Å². The zero-order valence-electron chi connectivity index (χ0n) is 9.64. The van der Waals surface area contributed by atoms with Crippen LogP contribution in [0, 0.1) is 0 Å². The predicted octanol–water partition coefficient (Wildman–Crippen LogP) is 1.56. The summed E-state index contributed by atoms with van der Waals surface area (Å²) in [6.45, 7) is 2.03. The minimum Gasteiger partial charge on any atom is -0.302 e. The summed E-state index contributed by atoms with van der Waals surface area (Å²) in [6.07, 6.45) is 4.64. The number of aromatic nitrogens is 5. The third-order valence-corrected chi connectivity index (χ3v) is 2.49. The molecule has 2 aromatic heterocycles. The maximum absolute atomic E-state index is 11.8. The van der Waals surface area contributed by atoms with Crippen molar-refractivity contribution in [2.75, 3.05) is 5.32 Å². The van der Waals surface area contributed by atoms with Crippen molar-refractivity contribution in [2.45, 2.75) is 19.8 Å². The number of anilines is 1. The van der Waals surface area contributed by atoms with Gasteiger partial charge < -0.3 is 5.32 Å². The molecule has 0 radical (unpaired) electrons. The third kappa shape index (κ3) is 3.10. The Morgan fingerprint density at radius 1 is 1.44 bits per heavy atom. The van der Waals surface area contributed by atoms with Gasteiger partial charge in [-0.3, -0.25) is 9.89 Å². The average Bonchev–Trinajstić information content (AvgIpc) is 2.81. The summed E-state index contributed by atoms with van der Waals surface area (Å²) in [4.78, 5) is 23.8. The second kappa shape index (κ2) is 5.67. The Morgan fingerprint density at radius 3 is 2.94 bits per heavy atom. The zero-order chi connectivity index (χ0) is 13.0. The number of nitrogens with one attached hydrogen (secondary N) is 2. The van der Waals surface area contributed by atoms with Crippen molar-refractivity contribution in [3.8, 4) is 0 Å². The summed E-state index contributed by atoms with van der Waals surface area (Å²) < 4.78 is 0.601. The highest BCUT2D eigenvalue weighted by Gasteiger charge is 2.12. The minimum atomic E-state index is -0.412. The minimum absolute atomic E-state index is 0.100. The van der Waals surface area contributed by atoms with E-state index in [1.54, 1.807) is 0 Å². The molecule has 0 aliphatic heterocycles. The van der Waals surface area contributed by atoms with E-state index >= 15 is 0 Å². The number of nitrogens with zero attached hydrogens (tertiary/aromatic N) is 4. The molecule has 18 heavy (non-hydrogen) atoms. The highest BCUT2D eigenvalue weighted by molar-refractivity contribution is 9.10. The summed E-state index contributed by atoms with van der Waals surface area (Å²) in [5.74, 6) is 0.739. The molecule has 7 nitrogen and oxygen atoms in total. The van der Waals surface area contributed by atoms with Crippen LogP contribution in [0.2, 0.25) is 0 Å². The number of carbonyl (C=O) groups is 1. The van der Waals surface area contributed by atoms with Crippen LogP contribution in [0.25, 0.3) is 0 Å². The highest BCUT2D eigenvalue weighted by atomic mass is 79.9. The number of aromatic amines is 1. The lowest BCUT2D eigenvalue weighted by Gasteiger charge is -1.99. The topological polar surface area (TPSA) is 96.5 Å². The summed E-state index contributed by atoms with van der Waals surface area (Å²) in [7, 11) is 0. The Morgan fingerprint density at radius 2 is 2.28 bits per heavy atom. The van der Waals surface area contributed by atoms with Gasteiger partial charge in [-0.05, 0) is 22.4 Å². The Kier molecular flexibility index (Phi) is 3.98. The average molecular weight is 311 g/mol. The van der Waals surface area contributed by atoms with Crippen LogP contribution in [-0.4, -0.2) is 31.1 Å². The molecule has 8 heteroatoms. The summed E-state index contributed by atoms with van der Waals surface area (Å²) in [5.41, 5.74) is 0. The summed E-state index contributed by atoms with van der Waals surface area (Å²) in [6, 6.07) is 0. The van der Waals surface area contributed by atoms with Crippen LogP contribution in [0.1, 0.15) is 29.8 Å². The number of rotatable bonds is 4. The first-order valence-corrected chi connectivity index (χ1v) is 6.18. The van der Waals surface area contributed by atoms with Gasteiger partial charge in [-0.2, -0.15) is 0 Å². The molecule has 0 unspecified atom stereocenters. The molecule has 0 aromatic carbocycles. The van der Waals surface area contributed by atoms with Crippen LogP contribution in [0.3, 0.4) is 0 Å². The lowest BCUT2D eigenvalue weighted by molar-refractivity contribution is 0.101. The SMILES string of the molecule is CCCc1nc(C(=O)Nc2cnc(Br)cn2)n[nH]1. The van der Waals surface area contributed by atoms with E-state index in [0.717, 1.165) is 12.8 Å². The first kappa shape index (κ1) is 12.6. The predicted molar refractivity (Wildman–Crippen MR) is 68.1 cm³/mol. The van der Waals surface area contributed by atoms with Crippen LogP contribution < -0.4 is 5.32 Å². The van der Waals surface area contributed by atoms with Gasteiger partial charge in [0.2, 0.25) is 5.82 Å². The lowest BCUT2D eigenvalue weighted by atomic mass is 10.3. The lowest BCUT2D eigenvalue weighted by Crippen LogP contribution is -2.15. The van der Waals surface area contributed by atoms with Crippen molar-refractivity contribution in [1.29, 1.82) is 0 Å². The van der Waals surface area contributed by atoms with Crippen LogP contribution in [0.5, 0.6) is 0 Å². The normalized spacial score (nSPS) is 10.3. The molecule has 0 atom stereocenters. The van der Waals surface area contributed by atoms with Crippen molar-refractivity contribution in [3.63, 3.8) is 0 Å². The first-order chi connectivity index (χ1) is 8.69.